The van der Waals surface area contributed by atoms with Crippen molar-refractivity contribution >= 4 is 5.78 Å². The van der Waals surface area contributed by atoms with Crippen molar-refractivity contribution in [2.75, 3.05) is 7.11 Å². The van der Waals surface area contributed by atoms with Crippen LogP contribution in [0.4, 0.5) is 0 Å². The highest BCUT2D eigenvalue weighted by Crippen LogP contribution is 2.22. The lowest BCUT2D eigenvalue weighted by Crippen LogP contribution is -2.06. The van der Waals surface area contributed by atoms with E-state index in [2.05, 4.69) is 6.08 Å². The molecular formula is C14H16O2. The molecule has 2 rings (SSSR count). The third kappa shape index (κ3) is 2.32. The first-order valence-electron chi connectivity index (χ1n) is 5.69. The minimum Gasteiger partial charge on any atom is -0.497 e. The second kappa shape index (κ2) is 4.97. The van der Waals surface area contributed by atoms with Gasteiger partial charge in [0.25, 0.3) is 0 Å². The molecule has 0 saturated carbocycles. The van der Waals surface area contributed by atoms with Crippen LogP contribution >= 0.6 is 0 Å². The molecule has 0 saturated heterocycles. The molecule has 0 unspecified atom stereocenters. The number of methoxy groups -OCH3 is 1. The zero-order valence-electron chi connectivity index (χ0n) is 9.53. The van der Waals surface area contributed by atoms with Gasteiger partial charge in [-0.2, -0.15) is 0 Å². The van der Waals surface area contributed by atoms with Gasteiger partial charge in [0.2, 0.25) is 0 Å². The number of hydrogen-bond donors (Lipinski definition) is 0. The van der Waals surface area contributed by atoms with Gasteiger partial charge in [-0.3, -0.25) is 4.79 Å². The highest BCUT2D eigenvalue weighted by molar-refractivity contribution is 6.08. The van der Waals surface area contributed by atoms with Crippen molar-refractivity contribution in [3.63, 3.8) is 0 Å². The van der Waals surface area contributed by atoms with Gasteiger partial charge in [-0.15, -0.1) is 0 Å². The van der Waals surface area contributed by atoms with Gasteiger partial charge in [0.1, 0.15) is 5.75 Å². The maximum atomic E-state index is 12.1. The number of Topliss-reactive ketones (excluding diaryl/α,β-unsaturated/α-hetero) is 1. The first kappa shape index (κ1) is 10.9. The van der Waals surface area contributed by atoms with Gasteiger partial charge >= 0.3 is 0 Å². The summed E-state index contributed by atoms with van der Waals surface area (Å²) in [4.78, 5) is 12.1. The van der Waals surface area contributed by atoms with E-state index in [0.29, 0.717) is 0 Å². The van der Waals surface area contributed by atoms with E-state index in [9.17, 15) is 4.79 Å². The van der Waals surface area contributed by atoms with Gasteiger partial charge in [0, 0.05) is 5.56 Å². The third-order valence-corrected chi connectivity index (χ3v) is 2.93. The lowest BCUT2D eigenvalue weighted by molar-refractivity contribution is 0.102. The Morgan fingerprint density at radius 1 is 1.19 bits per heavy atom. The van der Waals surface area contributed by atoms with Gasteiger partial charge < -0.3 is 4.74 Å². The van der Waals surface area contributed by atoms with Gasteiger partial charge in [0.05, 0.1) is 7.11 Å². The number of ketones is 1. The number of rotatable bonds is 3. The van der Waals surface area contributed by atoms with Gasteiger partial charge in [-0.1, -0.05) is 6.08 Å². The van der Waals surface area contributed by atoms with Crippen LogP contribution in [-0.4, -0.2) is 12.9 Å². The smallest absolute Gasteiger partial charge is 0.188 e. The summed E-state index contributed by atoms with van der Waals surface area (Å²) in [6, 6.07) is 7.32. The Morgan fingerprint density at radius 2 is 1.94 bits per heavy atom. The Bertz CT molecular complexity index is 401. The molecule has 1 aromatic rings. The predicted octanol–water partition coefficient (Wildman–Crippen LogP) is 3.38. The molecule has 16 heavy (non-hydrogen) atoms. The Kier molecular flexibility index (Phi) is 3.40. The minimum absolute atomic E-state index is 0.169. The zero-order chi connectivity index (χ0) is 11.4. The van der Waals surface area contributed by atoms with Crippen molar-refractivity contribution in [2.24, 2.45) is 0 Å². The fraction of sp³-hybridized carbons (Fsp3) is 0.357. The van der Waals surface area contributed by atoms with Crippen LogP contribution in [0.2, 0.25) is 0 Å². The van der Waals surface area contributed by atoms with E-state index in [1.54, 1.807) is 7.11 Å². The molecule has 84 valence electrons. The summed E-state index contributed by atoms with van der Waals surface area (Å²) in [6.45, 7) is 0. The lowest BCUT2D eigenvalue weighted by atomic mass is 9.93. The molecule has 0 atom stereocenters. The SMILES string of the molecule is COc1ccc(C(=O)C2=CCCCC2)cc1. The largest absolute Gasteiger partial charge is 0.497 e. The fourth-order valence-corrected chi connectivity index (χ4v) is 1.97. The zero-order valence-corrected chi connectivity index (χ0v) is 9.53. The summed E-state index contributed by atoms with van der Waals surface area (Å²) in [5.74, 6) is 0.955. The summed E-state index contributed by atoms with van der Waals surface area (Å²) >= 11 is 0. The second-order valence-corrected chi connectivity index (χ2v) is 4.03. The minimum atomic E-state index is 0.169. The van der Waals surface area contributed by atoms with E-state index in [4.69, 9.17) is 4.74 Å². The van der Waals surface area contributed by atoms with E-state index in [0.717, 1.165) is 36.1 Å². The Labute approximate surface area is 95.9 Å². The van der Waals surface area contributed by atoms with Crippen LogP contribution in [0, 0.1) is 0 Å². The van der Waals surface area contributed by atoms with Crippen LogP contribution in [0.3, 0.4) is 0 Å². The number of carbonyl (C=O) groups is 1. The maximum Gasteiger partial charge on any atom is 0.188 e. The molecular weight excluding hydrogens is 200 g/mol. The van der Waals surface area contributed by atoms with E-state index >= 15 is 0 Å². The molecule has 1 aliphatic rings. The van der Waals surface area contributed by atoms with E-state index < -0.39 is 0 Å². The van der Waals surface area contributed by atoms with Crippen LogP contribution < -0.4 is 4.74 Å². The topological polar surface area (TPSA) is 26.3 Å². The highest BCUT2D eigenvalue weighted by atomic mass is 16.5. The molecule has 0 spiro atoms. The first-order valence-corrected chi connectivity index (χ1v) is 5.69. The highest BCUT2D eigenvalue weighted by Gasteiger charge is 2.14. The molecule has 1 aliphatic carbocycles. The number of benzene rings is 1. The quantitative estimate of drug-likeness (QED) is 0.724. The predicted molar refractivity (Wildman–Crippen MR) is 63.9 cm³/mol. The van der Waals surface area contributed by atoms with Crippen molar-refractivity contribution in [3.8, 4) is 5.75 Å². The molecule has 1 aromatic carbocycles. The van der Waals surface area contributed by atoms with Crippen LogP contribution in [0.5, 0.6) is 5.75 Å². The van der Waals surface area contributed by atoms with E-state index in [1.165, 1.54) is 6.42 Å². The van der Waals surface area contributed by atoms with Crippen LogP contribution in [0.1, 0.15) is 36.0 Å². The Morgan fingerprint density at radius 3 is 2.50 bits per heavy atom. The van der Waals surface area contributed by atoms with Crippen LogP contribution in [-0.2, 0) is 0 Å². The Balaban J connectivity index is 2.16. The van der Waals surface area contributed by atoms with E-state index in [1.807, 2.05) is 24.3 Å². The average Bonchev–Trinajstić information content (AvgIpc) is 2.39. The number of ether oxygens (including phenoxy) is 1. The summed E-state index contributed by atoms with van der Waals surface area (Å²) in [5.41, 5.74) is 1.73. The van der Waals surface area contributed by atoms with Crippen molar-refractivity contribution in [1.82, 2.24) is 0 Å². The Hall–Kier alpha value is -1.57. The monoisotopic (exact) mass is 216 g/mol. The molecule has 2 nitrogen and oxygen atoms in total. The van der Waals surface area contributed by atoms with Gasteiger partial charge in [-0.05, 0) is 55.5 Å². The number of hydrogen-bond acceptors (Lipinski definition) is 2. The molecule has 0 bridgehead atoms. The van der Waals surface area contributed by atoms with Crippen molar-refractivity contribution < 1.29 is 9.53 Å². The van der Waals surface area contributed by atoms with Crippen LogP contribution in [0.25, 0.3) is 0 Å². The second-order valence-electron chi connectivity index (χ2n) is 4.03. The summed E-state index contributed by atoms with van der Waals surface area (Å²) in [6.07, 6.45) is 6.38. The maximum absolute atomic E-state index is 12.1. The van der Waals surface area contributed by atoms with Crippen molar-refractivity contribution in [3.05, 3.63) is 41.5 Å². The van der Waals surface area contributed by atoms with Crippen LogP contribution in [0.15, 0.2) is 35.9 Å². The number of carbonyl (C=O) groups excluding carboxylic acids is 1. The normalized spacial score (nSPS) is 15.4. The molecule has 0 heterocycles. The van der Waals surface area contributed by atoms with Crippen molar-refractivity contribution in [2.45, 2.75) is 25.7 Å². The summed E-state index contributed by atoms with van der Waals surface area (Å²) in [7, 11) is 1.63. The average molecular weight is 216 g/mol. The molecule has 0 radical (unpaired) electrons. The lowest BCUT2D eigenvalue weighted by Gasteiger charge is -2.11. The number of allylic oxidation sites excluding steroid dienone is 2. The van der Waals surface area contributed by atoms with Gasteiger partial charge in [0.15, 0.2) is 5.78 Å². The molecule has 2 heteroatoms. The fourth-order valence-electron chi connectivity index (χ4n) is 1.97. The third-order valence-electron chi connectivity index (χ3n) is 2.93. The van der Waals surface area contributed by atoms with E-state index in [-0.39, 0.29) is 5.78 Å². The summed E-state index contributed by atoms with van der Waals surface area (Å²) < 4.78 is 5.07. The van der Waals surface area contributed by atoms with Crippen molar-refractivity contribution in [1.29, 1.82) is 0 Å². The molecule has 0 aromatic heterocycles. The molecule has 0 aliphatic heterocycles. The summed E-state index contributed by atoms with van der Waals surface area (Å²) in [5, 5.41) is 0. The standard InChI is InChI=1S/C14H16O2/c1-16-13-9-7-12(8-10-13)14(15)11-5-3-2-4-6-11/h5,7-10H,2-4,6H2,1H3. The first-order chi connectivity index (χ1) is 7.81. The molecule has 0 fully saturated rings. The van der Waals surface area contributed by atoms with Gasteiger partial charge in [-0.25, -0.2) is 0 Å². The molecule has 0 N–H and O–H groups in total. The molecule has 0 amide bonds.